The molecule has 0 unspecified atom stereocenters. The van der Waals surface area contributed by atoms with Crippen LogP contribution >= 0.6 is 27.5 Å². The average molecular weight is 360 g/mol. The molecule has 2 aromatic rings. The molecule has 0 atom stereocenters. The van der Waals surface area contributed by atoms with E-state index in [1.54, 1.807) is 0 Å². The summed E-state index contributed by atoms with van der Waals surface area (Å²) in [6.45, 7) is 0. The summed E-state index contributed by atoms with van der Waals surface area (Å²) < 4.78 is 0.502. The van der Waals surface area contributed by atoms with Crippen molar-refractivity contribution in [2.45, 2.75) is 0 Å². The van der Waals surface area contributed by atoms with Crippen molar-refractivity contribution in [3.63, 3.8) is 0 Å². The zero-order valence-corrected chi connectivity index (χ0v) is 12.2. The Bertz CT molecular complexity index is 636. The summed E-state index contributed by atoms with van der Waals surface area (Å²) in [6, 6.07) is 4.12. The third-order valence-electron chi connectivity index (χ3n) is 1.98. The van der Waals surface area contributed by atoms with Crippen LogP contribution in [-0.4, -0.2) is 32.1 Å². The minimum absolute atomic E-state index is 0.153. The maximum absolute atomic E-state index is 10.4. The van der Waals surface area contributed by atoms with E-state index in [9.17, 15) is 9.59 Å². The molecule has 6 nitrogen and oxygen atoms in total. The molecular formula is C12H8BrClN2O4. The van der Waals surface area contributed by atoms with Gasteiger partial charge in [0.25, 0.3) is 0 Å². The van der Waals surface area contributed by atoms with Crippen LogP contribution in [0.1, 0.15) is 20.7 Å². The zero-order valence-electron chi connectivity index (χ0n) is 9.83. The molecule has 0 fully saturated rings. The Kier molecular flexibility index (Phi) is 6.08. The van der Waals surface area contributed by atoms with Crippen molar-refractivity contribution in [1.29, 1.82) is 0 Å². The van der Waals surface area contributed by atoms with Crippen molar-refractivity contribution in [1.82, 2.24) is 9.97 Å². The lowest BCUT2D eigenvalue weighted by molar-refractivity contribution is 0.0685. The number of aromatic nitrogens is 2. The number of carboxylic acid groups (broad SMARTS) is 2. The van der Waals surface area contributed by atoms with E-state index in [2.05, 4.69) is 25.9 Å². The van der Waals surface area contributed by atoms with E-state index in [1.807, 2.05) is 0 Å². The minimum atomic E-state index is -0.996. The topological polar surface area (TPSA) is 100 Å². The smallest absolute Gasteiger partial charge is 0.336 e. The number of halogens is 2. The molecule has 0 saturated heterocycles. The van der Waals surface area contributed by atoms with Gasteiger partial charge in [0.05, 0.1) is 15.6 Å². The standard InChI is InChI=1S/C6H4BrNO2.C6H4ClNO2/c7-5-3-8-2-1-4(5)6(9)10;7-5-3-4(6(9)10)1-2-8-5/h2*1-3H,(H,9,10). The largest absolute Gasteiger partial charge is 0.478 e. The van der Waals surface area contributed by atoms with Gasteiger partial charge in [0.1, 0.15) is 5.15 Å². The van der Waals surface area contributed by atoms with E-state index in [-0.39, 0.29) is 16.3 Å². The normalized spacial score (nSPS) is 9.30. The quantitative estimate of drug-likeness (QED) is 0.800. The fourth-order valence-electron chi connectivity index (χ4n) is 1.08. The van der Waals surface area contributed by atoms with E-state index >= 15 is 0 Å². The molecule has 2 heterocycles. The molecule has 2 rings (SSSR count). The third-order valence-corrected chi connectivity index (χ3v) is 2.81. The van der Waals surface area contributed by atoms with Gasteiger partial charge in [-0.05, 0) is 34.1 Å². The first kappa shape index (κ1) is 16.1. The summed E-state index contributed by atoms with van der Waals surface area (Å²) in [6.07, 6.45) is 4.24. The molecular weight excluding hydrogens is 351 g/mol. The fourth-order valence-corrected chi connectivity index (χ4v) is 1.68. The van der Waals surface area contributed by atoms with Crippen molar-refractivity contribution in [2.24, 2.45) is 0 Å². The van der Waals surface area contributed by atoms with Crippen LogP contribution in [0, 0.1) is 0 Å². The van der Waals surface area contributed by atoms with Crippen molar-refractivity contribution in [3.8, 4) is 0 Å². The number of hydrogen-bond acceptors (Lipinski definition) is 4. The molecule has 0 aliphatic rings. The molecule has 0 radical (unpaired) electrons. The molecule has 0 spiro atoms. The Morgan fingerprint density at radius 3 is 2.25 bits per heavy atom. The van der Waals surface area contributed by atoms with Crippen LogP contribution in [0.4, 0.5) is 0 Å². The number of nitrogens with zero attached hydrogens (tertiary/aromatic N) is 2. The highest BCUT2D eigenvalue weighted by Gasteiger charge is 2.05. The van der Waals surface area contributed by atoms with E-state index in [4.69, 9.17) is 21.8 Å². The van der Waals surface area contributed by atoms with Gasteiger partial charge in [0.15, 0.2) is 0 Å². The highest BCUT2D eigenvalue weighted by molar-refractivity contribution is 9.10. The van der Waals surface area contributed by atoms with Gasteiger partial charge < -0.3 is 10.2 Å². The number of hydrogen-bond donors (Lipinski definition) is 2. The van der Waals surface area contributed by atoms with Crippen LogP contribution in [-0.2, 0) is 0 Å². The lowest BCUT2D eigenvalue weighted by Crippen LogP contribution is -1.96. The number of rotatable bonds is 2. The molecule has 104 valence electrons. The summed E-state index contributed by atoms with van der Waals surface area (Å²) in [5, 5.41) is 17.1. The van der Waals surface area contributed by atoms with Crippen LogP contribution in [0.3, 0.4) is 0 Å². The molecule has 0 aliphatic carbocycles. The summed E-state index contributed by atoms with van der Waals surface area (Å²) in [5.74, 6) is -1.95. The van der Waals surface area contributed by atoms with Crippen molar-refractivity contribution >= 4 is 39.5 Å². The van der Waals surface area contributed by atoms with Gasteiger partial charge in [-0.25, -0.2) is 14.6 Å². The van der Waals surface area contributed by atoms with Gasteiger partial charge in [0, 0.05) is 18.6 Å². The van der Waals surface area contributed by atoms with E-state index in [0.29, 0.717) is 4.47 Å². The Morgan fingerprint density at radius 1 is 1.15 bits per heavy atom. The van der Waals surface area contributed by atoms with Crippen LogP contribution < -0.4 is 0 Å². The Hall–Kier alpha value is -1.99. The van der Waals surface area contributed by atoms with E-state index in [0.717, 1.165) is 0 Å². The summed E-state index contributed by atoms with van der Waals surface area (Å²) >= 11 is 8.47. The highest BCUT2D eigenvalue weighted by Crippen LogP contribution is 2.13. The Labute approximate surface area is 127 Å². The summed E-state index contributed by atoms with van der Waals surface area (Å²) in [5.41, 5.74) is 0.384. The lowest BCUT2D eigenvalue weighted by Gasteiger charge is -1.93. The van der Waals surface area contributed by atoms with Crippen LogP contribution in [0.2, 0.25) is 5.15 Å². The summed E-state index contributed by atoms with van der Waals surface area (Å²) in [7, 11) is 0. The predicted molar refractivity (Wildman–Crippen MR) is 75.1 cm³/mol. The number of carbonyl (C=O) groups is 2. The van der Waals surface area contributed by atoms with Crippen molar-refractivity contribution < 1.29 is 19.8 Å². The first-order valence-electron chi connectivity index (χ1n) is 5.09. The van der Waals surface area contributed by atoms with E-state index in [1.165, 1.54) is 36.8 Å². The SMILES string of the molecule is O=C(O)c1ccnc(Cl)c1.O=C(O)c1ccncc1Br. The number of pyridine rings is 2. The van der Waals surface area contributed by atoms with Gasteiger partial charge in [-0.15, -0.1) is 0 Å². The van der Waals surface area contributed by atoms with Gasteiger partial charge in [-0.3, -0.25) is 4.98 Å². The molecule has 0 amide bonds. The van der Waals surface area contributed by atoms with Crippen LogP contribution in [0.25, 0.3) is 0 Å². The Balaban J connectivity index is 0.000000200. The van der Waals surface area contributed by atoms with Crippen LogP contribution in [0.5, 0.6) is 0 Å². The first-order valence-corrected chi connectivity index (χ1v) is 6.26. The van der Waals surface area contributed by atoms with Crippen LogP contribution in [0.15, 0.2) is 41.3 Å². The van der Waals surface area contributed by atoms with E-state index < -0.39 is 11.9 Å². The zero-order chi connectivity index (χ0) is 15.1. The number of carboxylic acids is 2. The van der Waals surface area contributed by atoms with Gasteiger partial charge in [-0.2, -0.15) is 0 Å². The number of aromatic carboxylic acids is 2. The van der Waals surface area contributed by atoms with Gasteiger partial charge in [-0.1, -0.05) is 11.6 Å². The fraction of sp³-hybridized carbons (Fsp3) is 0. The van der Waals surface area contributed by atoms with Crippen molar-refractivity contribution in [3.05, 3.63) is 57.5 Å². The maximum atomic E-state index is 10.4. The average Bonchev–Trinajstić information content (AvgIpc) is 2.39. The predicted octanol–water partition coefficient (Wildman–Crippen LogP) is 2.98. The summed E-state index contributed by atoms with van der Waals surface area (Å²) in [4.78, 5) is 28.0. The second-order valence-corrected chi connectivity index (χ2v) is 4.57. The molecule has 0 bridgehead atoms. The lowest BCUT2D eigenvalue weighted by atomic mass is 10.3. The molecule has 8 heteroatoms. The maximum Gasteiger partial charge on any atom is 0.336 e. The second-order valence-electron chi connectivity index (χ2n) is 3.33. The molecule has 2 N–H and O–H groups in total. The molecule has 0 saturated carbocycles. The highest BCUT2D eigenvalue weighted by atomic mass is 79.9. The molecule has 2 aromatic heterocycles. The first-order chi connectivity index (χ1) is 9.41. The minimum Gasteiger partial charge on any atom is -0.478 e. The monoisotopic (exact) mass is 358 g/mol. The van der Waals surface area contributed by atoms with Gasteiger partial charge >= 0.3 is 11.9 Å². The van der Waals surface area contributed by atoms with Crippen molar-refractivity contribution in [2.75, 3.05) is 0 Å². The molecule has 20 heavy (non-hydrogen) atoms. The molecule has 0 aliphatic heterocycles. The van der Waals surface area contributed by atoms with Gasteiger partial charge in [0.2, 0.25) is 0 Å². The Morgan fingerprint density at radius 2 is 1.85 bits per heavy atom. The third kappa shape index (κ3) is 4.94. The molecule has 0 aromatic carbocycles. The second kappa shape index (κ2) is 7.56.